The zero-order chi connectivity index (χ0) is 16.1. The molecular formula is C19H14N2O2S. The highest BCUT2D eigenvalue weighted by molar-refractivity contribution is 7.21. The summed E-state index contributed by atoms with van der Waals surface area (Å²) in [5.41, 5.74) is 2.85. The Morgan fingerprint density at radius 2 is 1.96 bits per heavy atom. The second kappa shape index (κ2) is 5.18. The fourth-order valence-corrected chi connectivity index (χ4v) is 3.98. The Balaban J connectivity index is 1.65. The number of hydrogen-bond donors (Lipinski definition) is 0. The third-order valence-corrected chi connectivity index (χ3v) is 5.53. The number of para-hydroxylation sites is 1. The maximum atomic E-state index is 12.5. The van der Waals surface area contributed by atoms with Crippen LogP contribution < -0.4 is 10.5 Å². The van der Waals surface area contributed by atoms with Crippen molar-refractivity contribution in [3.8, 4) is 10.6 Å². The van der Waals surface area contributed by atoms with Gasteiger partial charge in [0.1, 0.15) is 10.6 Å². The van der Waals surface area contributed by atoms with Crippen molar-refractivity contribution in [2.45, 2.75) is 6.42 Å². The first kappa shape index (κ1) is 13.7. The van der Waals surface area contributed by atoms with Crippen LogP contribution in [-0.4, -0.2) is 18.1 Å². The second-order valence-electron chi connectivity index (χ2n) is 6.00. The topological polar surface area (TPSA) is 46.3 Å². The van der Waals surface area contributed by atoms with E-state index >= 15 is 0 Å². The minimum absolute atomic E-state index is 0.331. The lowest BCUT2D eigenvalue weighted by atomic mass is 10.1. The lowest BCUT2D eigenvalue weighted by Gasteiger charge is -2.33. The Morgan fingerprint density at radius 1 is 1.08 bits per heavy atom. The van der Waals surface area contributed by atoms with E-state index < -0.39 is 0 Å². The van der Waals surface area contributed by atoms with Crippen molar-refractivity contribution in [1.29, 1.82) is 0 Å². The smallest absolute Gasteiger partial charge is 0.346 e. The first-order valence-electron chi connectivity index (χ1n) is 7.97. The van der Waals surface area contributed by atoms with Crippen molar-refractivity contribution < 1.29 is 4.42 Å². The van der Waals surface area contributed by atoms with E-state index in [1.54, 1.807) is 0 Å². The third-order valence-electron chi connectivity index (χ3n) is 4.47. The summed E-state index contributed by atoms with van der Waals surface area (Å²) in [5, 5.41) is 1.63. The van der Waals surface area contributed by atoms with Crippen molar-refractivity contribution in [1.82, 2.24) is 4.98 Å². The van der Waals surface area contributed by atoms with Gasteiger partial charge in [-0.3, -0.25) is 0 Å². The van der Waals surface area contributed by atoms with Gasteiger partial charge >= 0.3 is 5.63 Å². The van der Waals surface area contributed by atoms with Gasteiger partial charge in [0.2, 0.25) is 0 Å². The van der Waals surface area contributed by atoms with Crippen molar-refractivity contribution in [2.75, 3.05) is 18.0 Å². The van der Waals surface area contributed by atoms with Crippen LogP contribution in [-0.2, 0) is 0 Å². The van der Waals surface area contributed by atoms with Crippen LogP contribution in [0.25, 0.3) is 31.8 Å². The standard InChI is InChI=1S/C19H14N2O2S/c22-19-14(18-20-15-4-1-2-5-17(15)24-18)10-12-6-7-13(11-16(12)23-19)21-8-3-9-21/h1-2,4-7,10-11H,3,8-9H2. The molecule has 5 heteroatoms. The molecule has 0 bridgehead atoms. The number of fused-ring (bicyclic) bond motifs is 2. The lowest BCUT2D eigenvalue weighted by Crippen LogP contribution is -2.36. The molecule has 0 N–H and O–H groups in total. The molecule has 2 aromatic carbocycles. The highest BCUT2D eigenvalue weighted by Crippen LogP contribution is 2.31. The maximum Gasteiger partial charge on any atom is 0.346 e. The van der Waals surface area contributed by atoms with Crippen LogP contribution >= 0.6 is 11.3 Å². The average Bonchev–Trinajstić information content (AvgIpc) is 2.96. The zero-order valence-corrected chi connectivity index (χ0v) is 13.7. The summed E-state index contributed by atoms with van der Waals surface area (Å²) in [6, 6.07) is 15.8. The SMILES string of the molecule is O=c1oc2cc(N3CCC3)ccc2cc1-c1nc2ccccc2s1. The van der Waals surface area contributed by atoms with E-state index in [-0.39, 0.29) is 5.63 Å². The van der Waals surface area contributed by atoms with Gasteiger partial charge in [0.25, 0.3) is 0 Å². The summed E-state index contributed by atoms with van der Waals surface area (Å²) in [6.45, 7) is 2.14. The van der Waals surface area contributed by atoms with Crippen molar-refractivity contribution in [3.05, 3.63) is 59.0 Å². The van der Waals surface area contributed by atoms with Gasteiger partial charge in [-0.05, 0) is 36.8 Å². The molecule has 1 saturated heterocycles. The molecule has 4 aromatic rings. The van der Waals surface area contributed by atoms with Crippen molar-refractivity contribution in [3.63, 3.8) is 0 Å². The molecule has 1 aliphatic rings. The molecule has 0 aliphatic carbocycles. The molecule has 24 heavy (non-hydrogen) atoms. The average molecular weight is 334 g/mol. The summed E-state index contributed by atoms with van der Waals surface area (Å²) >= 11 is 1.51. The van der Waals surface area contributed by atoms with Crippen LogP contribution in [0.5, 0.6) is 0 Å². The van der Waals surface area contributed by atoms with E-state index in [1.807, 2.05) is 42.5 Å². The molecular weight excluding hydrogens is 320 g/mol. The van der Waals surface area contributed by atoms with E-state index in [0.717, 1.165) is 34.4 Å². The van der Waals surface area contributed by atoms with Crippen LogP contribution in [0.1, 0.15) is 6.42 Å². The first-order chi connectivity index (χ1) is 11.8. The number of hydrogen-bond acceptors (Lipinski definition) is 5. The molecule has 0 unspecified atom stereocenters. The molecule has 5 rings (SSSR count). The van der Waals surface area contributed by atoms with E-state index in [1.165, 1.54) is 17.8 Å². The van der Waals surface area contributed by atoms with Crippen molar-refractivity contribution >= 4 is 38.2 Å². The predicted molar refractivity (Wildman–Crippen MR) is 97.9 cm³/mol. The highest BCUT2D eigenvalue weighted by atomic mass is 32.1. The minimum atomic E-state index is -0.331. The number of aromatic nitrogens is 1. The molecule has 118 valence electrons. The summed E-state index contributed by atoms with van der Waals surface area (Å²) in [7, 11) is 0. The molecule has 3 heterocycles. The lowest BCUT2D eigenvalue weighted by molar-refractivity contribution is 0.562. The Morgan fingerprint density at radius 3 is 2.75 bits per heavy atom. The molecule has 0 radical (unpaired) electrons. The largest absolute Gasteiger partial charge is 0.422 e. The number of nitrogens with zero attached hydrogens (tertiary/aromatic N) is 2. The molecule has 2 aromatic heterocycles. The fourth-order valence-electron chi connectivity index (χ4n) is 3.01. The Hall–Kier alpha value is -2.66. The second-order valence-corrected chi connectivity index (χ2v) is 7.03. The quantitative estimate of drug-likeness (QED) is 0.513. The predicted octanol–water partition coefficient (Wildman–Crippen LogP) is 4.28. The summed E-state index contributed by atoms with van der Waals surface area (Å²) in [6.07, 6.45) is 1.22. The van der Waals surface area contributed by atoms with Gasteiger partial charge in [-0.2, -0.15) is 0 Å². The van der Waals surface area contributed by atoms with Gasteiger partial charge in [-0.15, -0.1) is 11.3 Å². The van der Waals surface area contributed by atoms with Gasteiger partial charge in [0, 0.05) is 30.2 Å². The van der Waals surface area contributed by atoms with Crippen LogP contribution in [0, 0.1) is 0 Å². The summed E-state index contributed by atoms with van der Waals surface area (Å²) in [5.74, 6) is 0. The number of benzene rings is 2. The fraction of sp³-hybridized carbons (Fsp3) is 0.158. The van der Waals surface area contributed by atoms with Crippen LogP contribution in [0.3, 0.4) is 0 Å². The van der Waals surface area contributed by atoms with E-state index in [4.69, 9.17) is 4.42 Å². The monoisotopic (exact) mass is 334 g/mol. The molecule has 0 amide bonds. The van der Waals surface area contributed by atoms with E-state index in [0.29, 0.717) is 16.2 Å². The van der Waals surface area contributed by atoms with Gasteiger partial charge < -0.3 is 9.32 Å². The number of rotatable bonds is 2. The minimum Gasteiger partial charge on any atom is -0.422 e. The molecule has 0 spiro atoms. The van der Waals surface area contributed by atoms with E-state index in [2.05, 4.69) is 16.0 Å². The van der Waals surface area contributed by atoms with Crippen LogP contribution in [0.4, 0.5) is 5.69 Å². The number of thiazole rings is 1. The van der Waals surface area contributed by atoms with Gasteiger partial charge in [-0.1, -0.05) is 12.1 Å². The Kier molecular flexibility index (Phi) is 2.97. The maximum absolute atomic E-state index is 12.5. The third kappa shape index (κ3) is 2.12. The molecule has 4 nitrogen and oxygen atoms in total. The zero-order valence-electron chi connectivity index (χ0n) is 12.9. The highest BCUT2D eigenvalue weighted by Gasteiger charge is 2.17. The molecule has 0 saturated carbocycles. The Labute approximate surface area is 142 Å². The van der Waals surface area contributed by atoms with E-state index in [9.17, 15) is 4.79 Å². The van der Waals surface area contributed by atoms with Crippen molar-refractivity contribution in [2.24, 2.45) is 0 Å². The van der Waals surface area contributed by atoms with Gasteiger partial charge in [-0.25, -0.2) is 9.78 Å². The summed E-state index contributed by atoms with van der Waals surface area (Å²) < 4.78 is 6.66. The molecule has 1 aliphatic heterocycles. The Bertz CT molecular complexity index is 1090. The number of anilines is 1. The molecule has 1 fully saturated rings. The van der Waals surface area contributed by atoms with Crippen LogP contribution in [0.2, 0.25) is 0 Å². The first-order valence-corrected chi connectivity index (χ1v) is 8.78. The van der Waals surface area contributed by atoms with Crippen LogP contribution in [0.15, 0.2) is 57.7 Å². The van der Waals surface area contributed by atoms with Gasteiger partial charge in [0.15, 0.2) is 0 Å². The van der Waals surface area contributed by atoms with Gasteiger partial charge in [0.05, 0.1) is 15.8 Å². The summed E-state index contributed by atoms with van der Waals surface area (Å²) in [4.78, 5) is 19.3. The molecule has 0 atom stereocenters. The normalized spacial score (nSPS) is 14.2.